The van der Waals surface area contributed by atoms with Gasteiger partial charge in [0.25, 0.3) is 0 Å². The third-order valence-corrected chi connectivity index (χ3v) is 4.70. The van der Waals surface area contributed by atoms with Crippen molar-refractivity contribution in [1.82, 2.24) is 0 Å². The smallest absolute Gasteiger partial charge is 0.0950 e. The second-order valence-electron chi connectivity index (χ2n) is 4.89. The Balaban J connectivity index is 2.17. The van der Waals surface area contributed by atoms with Crippen LogP contribution in [-0.4, -0.2) is 0 Å². The van der Waals surface area contributed by atoms with E-state index in [1.807, 2.05) is 0 Å². The van der Waals surface area contributed by atoms with Gasteiger partial charge in [0.2, 0.25) is 0 Å². The molecule has 0 saturated heterocycles. The Morgan fingerprint density at radius 2 is 1.40 bits per heavy atom. The highest BCUT2D eigenvalue weighted by Gasteiger charge is 2.63. The summed E-state index contributed by atoms with van der Waals surface area (Å²) in [5.74, 6) is 0. The molecule has 0 aromatic heterocycles. The Labute approximate surface area is 89.5 Å². The lowest BCUT2D eigenvalue weighted by Gasteiger charge is -2.35. The van der Waals surface area contributed by atoms with Gasteiger partial charge in [-0.2, -0.15) is 10.5 Å². The van der Waals surface area contributed by atoms with Gasteiger partial charge in [-0.05, 0) is 25.7 Å². The topological polar surface area (TPSA) is 47.6 Å². The van der Waals surface area contributed by atoms with Crippen LogP contribution in [0, 0.1) is 33.5 Å². The van der Waals surface area contributed by atoms with E-state index in [1.54, 1.807) is 0 Å². The molecule has 1 fully saturated rings. The first kappa shape index (κ1) is 8.74. The number of hydrogen-bond acceptors (Lipinski definition) is 2. The van der Waals surface area contributed by atoms with E-state index in [-0.39, 0.29) is 10.8 Å². The molecule has 2 atom stereocenters. The van der Waals surface area contributed by atoms with E-state index in [0.29, 0.717) is 0 Å². The monoisotopic (exact) mass is 196 g/mol. The molecule has 3 aliphatic rings. The molecular weight excluding hydrogens is 184 g/mol. The minimum absolute atomic E-state index is 0.0206. The quantitative estimate of drug-likeness (QED) is 0.598. The van der Waals surface area contributed by atoms with Gasteiger partial charge in [-0.25, -0.2) is 0 Å². The third kappa shape index (κ3) is 0.722. The highest BCUT2D eigenvalue weighted by atomic mass is 14.6. The van der Waals surface area contributed by atoms with Crippen molar-refractivity contribution in [2.45, 2.75) is 32.1 Å². The van der Waals surface area contributed by atoms with Crippen LogP contribution in [0.2, 0.25) is 0 Å². The normalized spacial score (nSPS) is 41.2. The van der Waals surface area contributed by atoms with E-state index in [9.17, 15) is 10.5 Å². The van der Waals surface area contributed by atoms with Crippen molar-refractivity contribution in [2.24, 2.45) is 10.8 Å². The lowest BCUT2D eigenvalue weighted by molar-refractivity contribution is 0.214. The van der Waals surface area contributed by atoms with Crippen molar-refractivity contribution in [3.05, 3.63) is 23.3 Å². The SMILES string of the molecule is N#CC1=CC[C@]23CCC[C@]12CC=C3C#N. The molecule has 15 heavy (non-hydrogen) atoms. The van der Waals surface area contributed by atoms with Crippen LogP contribution in [-0.2, 0) is 0 Å². The fourth-order valence-electron chi connectivity index (χ4n) is 4.02. The molecule has 0 aliphatic heterocycles. The average molecular weight is 196 g/mol. The van der Waals surface area contributed by atoms with Gasteiger partial charge in [-0.15, -0.1) is 0 Å². The van der Waals surface area contributed by atoms with Gasteiger partial charge in [0.05, 0.1) is 12.1 Å². The number of allylic oxidation sites excluding steroid dienone is 4. The zero-order chi connectivity index (χ0) is 10.5. The van der Waals surface area contributed by atoms with Gasteiger partial charge in [0.15, 0.2) is 0 Å². The van der Waals surface area contributed by atoms with Crippen LogP contribution in [0.3, 0.4) is 0 Å². The minimum atomic E-state index is 0.0206. The standard InChI is InChI=1S/C13H12N2/c14-8-10-2-6-12-4-1-5-13(10,12)7-3-11(12)9-15/h2-3H,1,4-7H2/t12-,13-/m0/s1. The van der Waals surface area contributed by atoms with E-state index >= 15 is 0 Å². The van der Waals surface area contributed by atoms with E-state index in [4.69, 9.17) is 0 Å². The maximum absolute atomic E-state index is 9.19. The summed E-state index contributed by atoms with van der Waals surface area (Å²) >= 11 is 0. The van der Waals surface area contributed by atoms with E-state index in [1.165, 1.54) is 0 Å². The van der Waals surface area contributed by atoms with Crippen LogP contribution < -0.4 is 0 Å². The summed E-state index contributed by atoms with van der Waals surface area (Å²) < 4.78 is 0. The zero-order valence-electron chi connectivity index (χ0n) is 8.58. The van der Waals surface area contributed by atoms with Crippen LogP contribution in [0.15, 0.2) is 23.3 Å². The molecular formula is C13H12N2. The molecule has 0 heterocycles. The first-order valence-corrected chi connectivity index (χ1v) is 5.51. The first-order chi connectivity index (χ1) is 7.29. The summed E-state index contributed by atoms with van der Waals surface area (Å²) in [5.41, 5.74) is 1.93. The zero-order valence-corrected chi connectivity index (χ0v) is 8.58. The summed E-state index contributed by atoms with van der Waals surface area (Å²) in [5, 5.41) is 18.4. The molecule has 0 aromatic carbocycles. The molecule has 0 N–H and O–H groups in total. The molecule has 3 rings (SSSR count). The van der Waals surface area contributed by atoms with E-state index < -0.39 is 0 Å². The fourth-order valence-corrected chi connectivity index (χ4v) is 4.02. The Morgan fingerprint density at radius 3 is 1.80 bits per heavy atom. The molecule has 0 radical (unpaired) electrons. The molecule has 74 valence electrons. The highest BCUT2D eigenvalue weighted by Crippen LogP contribution is 2.70. The summed E-state index contributed by atoms with van der Waals surface area (Å²) in [7, 11) is 0. The van der Waals surface area contributed by atoms with Crippen molar-refractivity contribution in [3.63, 3.8) is 0 Å². The molecule has 2 nitrogen and oxygen atoms in total. The summed E-state index contributed by atoms with van der Waals surface area (Å²) in [6.45, 7) is 0. The van der Waals surface area contributed by atoms with Crippen molar-refractivity contribution in [2.75, 3.05) is 0 Å². The highest BCUT2D eigenvalue weighted by molar-refractivity contribution is 5.52. The Kier molecular flexibility index (Phi) is 1.47. The molecule has 0 bridgehead atoms. The first-order valence-electron chi connectivity index (χ1n) is 5.51. The molecule has 2 heteroatoms. The van der Waals surface area contributed by atoms with Crippen molar-refractivity contribution >= 4 is 0 Å². The number of rotatable bonds is 0. The maximum atomic E-state index is 9.19. The van der Waals surface area contributed by atoms with Crippen molar-refractivity contribution < 1.29 is 0 Å². The predicted octanol–water partition coefficient (Wildman–Crippen LogP) is 2.85. The van der Waals surface area contributed by atoms with Crippen LogP contribution in [0.4, 0.5) is 0 Å². The van der Waals surface area contributed by atoms with Crippen LogP contribution in [0.1, 0.15) is 32.1 Å². The van der Waals surface area contributed by atoms with Gasteiger partial charge < -0.3 is 0 Å². The molecule has 0 unspecified atom stereocenters. The lowest BCUT2D eigenvalue weighted by atomic mass is 9.65. The summed E-state index contributed by atoms with van der Waals surface area (Å²) in [4.78, 5) is 0. The van der Waals surface area contributed by atoms with Crippen LogP contribution in [0.25, 0.3) is 0 Å². The number of hydrogen-bond donors (Lipinski definition) is 0. The third-order valence-electron chi connectivity index (χ3n) is 4.70. The predicted molar refractivity (Wildman–Crippen MR) is 55.3 cm³/mol. The second-order valence-corrected chi connectivity index (χ2v) is 4.89. The molecule has 1 saturated carbocycles. The molecule has 0 amide bonds. The van der Waals surface area contributed by atoms with Gasteiger partial charge in [-0.3, -0.25) is 0 Å². The summed E-state index contributed by atoms with van der Waals surface area (Å²) in [6, 6.07) is 4.71. The van der Waals surface area contributed by atoms with Gasteiger partial charge in [0.1, 0.15) is 0 Å². The Bertz CT molecular complexity index is 428. The van der Waals surface area contributed by atoms with E-state index in [0.717, 1.165) is 43.3 Å². The minimum Gasteiger partial charge on any atom is -0.193 e. The van der Waals surface area contributed by atoms with Crippen molar-refractivity contribution in [3.8, 4) is 12.1 Å². The largest absolute Gasteiger partial charge is 0.193 e. The van der Waals surface area contributed by atoms with Gasteiger partial charge >= 0.3 is 0 Å². The van der Waals surface area contributed by atoms with E-state index in [2.05, 4.69) is 24.3 Å². The maximum Gasteiger partial charge on any atom is 0.0950 e. The van der Waals surface area contributed by atoms with Crippen LogP contribution in [0.5, 0.6) is 0 Å². The Morgan fingerprint density at radius 1 is 0.933 bits per heavy atom. The molecule has 0 aromatic rings. The fraction of sp³-hybridized carbons (Fsp3) is 0.538. The second kappa shape index (κ2) is 2.52. The molecule has 3 aliphatic carbocycles. The Hall–Kier alpha value is -1.54. The summed E-state index contributed by atoms with van der Waals surface area (Å²) in [6.07, 6.45) is 9.32. The van der Waals surface area contributed by atoms with Gasteiger partial charge in [-0.1, -0.05) is 18.6 Å². The number of nitriles is 2. The van der Waals surface area contributed by atoms with Crippen molar-refractivity contribution in [1.29, 1.82) is 10.5 Å². The van der Waals surface area contributed by atoms with Gasteiger partial charge in [0, 0.05) is 22.0 Å². The number of nitrogens with zero attached hydrogens (tertiary/aromatic N) is 2. The van der Waals surface area contributed by atoms with Crippen LogP contribution >= 0.6 is 0 Å². The average Bonchev–Trinajstić information content (AvgIpc) is 2.78. The molecule has 0 spiro atoms. The lowest BCUT2D eigenvalue weighted by Crippen LogP contribution is -2.31.